The largest absolute Gasteiger partial charge is 0.350 e. The summed E-state index contributed by atoms with van der Waals surface area (Å²) < 4.78 is 13.0. The summed E-state index contributed by atoms with van der Waals surface area (Å²) in [5.74, 6) is -2.28. The fourth-order valence-corrected chi connectivity index (χ4v) is 2.98. The zero-order valence-electron chi connectivity index (χ0n) is 17.5. The number of halogens is 1. The minimum Gasteiger partial charge on any atom is -0.350 e. The van der Waals surface area contributed by atoms with Gasteiger partial charge in [-0.1, -0.05) is 26.0 Å². The van der Waals surface area contributed by atoms with Crippen LogP contribution in [0.25, 0.3) is 0 Å². The van der Waals surface area contributed by atoms with Crippen LogP contribution in [-0.2, 0) is 25.7 Å². The van der Waals surface area contributed by atoms with Crippen LogP contribution in [0.5, 0.6) is 0 Å². The number of nitrogens with one attached hydrogen (secondary N) is 4. The third-order valence-corrected chi connectivity index (χ3v) is 4.90. The highest BCUT2D eigenvalue weighted by Gasteiger charge is 2.37. The van der Waals surface area contributed by atoms with Crippen LogP contribution >= 0.6 is 0 Å². The Bertz CT molecular complexity index is 776. The molecule has 1 aromatic rings. The van der Waals surface area contributed by atoms with Crippen molar-refractivity contribution in [3.63, 3.8) is 0 Å². The van der Waals surface area contributed by atoms with Crippen LogP contribution in [0.2, 0.25) is 0 Å². The Kier molecular flexibility index (Phi) is 9.80. The predicted molar refractivity (Wildman–Crippen MR) is 110 cm³/mol. The number of hydrogen-bond acceptors (Lipinski definition) is 5. The van der Waals surface area contributed by atoms with Gasteiger partial charge in [-0.25, -0.2) is 4.39 Å². The molecule has 1 rings (SSSR count). The van der Waals surface area contributed by atoms with E-state index in [-0.39, 0.29) is 25.3 Å². The molecule has 0 spiro atoms. The van der Waals surface area contributed by atoms with Crippen molar-refractivity contribution in [2.45, 2.75) is 64.6 Å². The summed E-state index contributed by atoms with van der Waals surface area (Å²) in [4.78, 5) is 48.7. The van der Waals surface area contributed by atoms with Crippen molar-refractivity contribution in [1.82, 2.24) is 16.0 Å². The van der Waals surface area contributed by atoms with Crippen molar-refractivity contribution in [2.75, 3.05) is 0 Å². The second-order valence-electron chi connectivity index (χ2n) is 6.99. The zero-order chi connectivity index (χ0) is 22.7. The van der Waals surface area contributed by atoms with Crippen molar-refractivity contribution >= 4 is 29.7 Å². The number of rotatable bonds is 12. The van der Waals surface area contributed by atoms with Crippen molar-refractivity contribution in [3.05, 3.63) is 35.6 Å². The average molecular weight is 420 g/mol. The summed E-state index contributed by atoms with van der Waals surface area (Å²) in [6.45, 7) is 4.92. The van der Waals surface area contributed by atoms with E-state index in [1.807, 2.05) is 0 Å². The van der Waals surface area contributed by atoms with Gasteiger partial charge in [-0.05, 0) is 37.0 Å². The molecule has 9 heteroatoms. The molecule has 0 aliphatic rings. The molecule has 0 bridgehead atoms. The van der Waals surface area contributed by atoms with Gasteiger partial charge in [0.25, 0.3) is 0 Å². The topological polar surface area (TPSA) is 128 Å². The Morgan fingerprint density at radius 1 is 1.13 bits per heavy atom. The van der Waals surface area contributed by atoms with E-state index in [9.17, 15) is 23.6 Å². The standard InChI is InChI=1S/C21H29FN4O4/c1-4-21(5-2,26-14(3)27)20(30)25-18(11-10-17(28)12-23)19(29)24-13-15-6-8-16(22)9-7-15/h6-9,12,18,23H,4-5,10-11,13H2,1-3H3,(H,24,29)(H,25,30)(H,26,27)/t18-/m0/s1. The Hall–Kier alpha value is -3.10. The zero-order valence-corrected chi connectivity index (χ0v) is 17.5. The third kappa shape index (κ3) is 7.38. The Balaban J connectivity index is 2.94. The monoisotopic (exact) mass is 420 g/mol. The molecule has 1 aromatic carbocycles. The van der Waals surface area contributed by atoms with Gasteiger partial charge in [-0.15, -0.1) is 0 Å². The van der Waals surface area contributed by atoms with Crippen molar-refractivity contribution in [3.8, 4) is 0 Å². The first-order valence-corrected chi connectivity index (χ1v) is 9.82. The lowest BCUT2D eigenvalue weighted by molar-refractivity contribution is -0.136. The minimum absolute atomic E-state index is 0.00121. The van der Waals surface area contributed by atoms with Crippen LogP contribution in [0, 0.1) is 11.2 Å². The summed E-state index contributed by atoms with van der Waals surface area (Å²) in [7, 11) is 0. The molecular formula is C21H29FN4O4. The number of hydrogen-bond donors (Lipinski definition) is 4. The molecule has 0 saturated carbocycles. The van der Waals surface area contributed by atoms with Gasteiger partial charge in [0.2, 0.25) is 17.7 Å². The van der Waals surface area contributed by atoms with Gasteiger partial charge in [-0.3, -0.25) is 19.2 Å². The molecule has 8 nitrogen and oxygen atoms in total. The number of ketones is 1. The number of carbonyl (C=O) groups excluding carboxylic acids is 4. The highest BCUT2D eigenvalue weighted by molar-refractivity contribution is 6.26. The number of benzene rings is 1. The first-order valence-electron chi connectivity index (χ1n) is 9.82. The molecular weight excluding hydrogens is 391 g/mol. The molecule has 0 unspecified atom stereocenters. The molecule has 0 radical (unpaired) electrons. The van der Waals surface area contributed by atoms with E-state index in [4.69, 9.17) is 5.41 Å². The lowest BCUT2D eigenvalue weighted by Gasteiger charge is -2.32. The summed E-state index contributed by atoms with van der Waals surface area (Å²) in [5.41, 5.74) is -0.507. The number of Topliss-reactive ketones (excluding diaryl/α,β-unsaturated/α-hetero) is 1. The normalized spacial score (nSPS) is 11.9. The van der Waals surface area contributed by atoms with Gasteiger partial charge in [0.05, 0.1) is 6.21 Å². The summed E-state index contributed by atoms with van der Waals surface area (Å²) >= 11 is 0. The fraction of sp³-hybridized carbons (Fsp3) is 0.476. The minimum atomic E-state index is -1.17. The average Bonchev–Trinajstić information content (AvgIpc) is 2.73. The van der Waals surface area contributed by atoms with Crippen LogP contribution in [0.4, 0.5) is 4.39 Å². The van der Waals surface area contributed by atoms with Gasteiger partial charge in [-0.2, -0.15) is 0 Å². The van der Waals surface area contributed by atoms with E-state index < -0.39 is 35.0 Å². The molecule has 0 aromatic heterocycles. The Morgan fingerprint density at radius 2 is 1.73 bits per heavy atom. The predicted octanol–water partition coefficient (Wildman–Crippen LogP) is 1.62. The third-order valence-electron chi connectivity index (χ3n) is 4.90. The molecule has 4 N–H and O–H groups in total. The van der Waals surface area contributed by atoms with Gasteiger partial charge >= 0.3 is 0 Å². The highest BCUT2D eigenvalue weighted by atomic mass is 19.1. The van der Waals surface area contributed by atoms with Gasteiger partial charge in [0, 0.05) is 19.9 Å². The van der Waals surface area contributed by atoms with E-state index in [1.165, 1.54) is 31.2 Å². The molecule has 3 amide bonds. The van der Waals surface area contributed by atoms with E-state index in [1.54, 1.807) is 13.8 Å². The van der Waals surface area contributed by atoms with Crippen molar-refractivity contribution < 1.29 is 23.6 Å². The Labute approximate surface area is 175 Å². The summed E-state index contributed by atoms with van der Waals surface area (Å²) in [5, 5.41) is 15.0. The van der Waals surface area contributed by atoms with Crippen molar-refractivity contribution in [1.29, 1.82) is 5.41 Å². The van der Waals surface area contributed by atoms with Gasteiger partial charge in [0.15, 0.2) is 5.78 Å². The summed E-state index contributed by atoms with van der Waals surface area (Å²) in [6, 6.07) is 4.56. The lowest BCUT2D eigenvalue weighted by atomic mass is 9.90. The molecule has 0 heterocycles. The maximum Gasteiger partial charge on any atom is 0.246 e. The van der Waals surface area contributed by atoms with E-state index >= 15 is 0 Å². The van der Waals surface area contributed by atoms with Crippen LogP contribution < -0.4 is 16.0 Å². The maximum atomic E-state index is 13.0. The molecule has 30 heavy (non-hydrogen) atoms. The quantitative estimate of drug-likeness (QED) is 0.383. The first-order chi connectivity index (χ1) is 14.2. The molecule has 0 aliphatic heterocycles. The van der Waals surface area contributed by atoms with Crippen LogP contribution in [0.15, 0.2) is 24.3 Å². The lowest BCUT2D eigenvalue weighted by Crippen LogP contribution is -2.61. The van der Waals surface area contributed by atoms with E-state index in [0.29, 0.717) is 24.6 Å². The second kappa shape index (κ2) is 11.8. The molecule has 164 valence electrons. The van der Waals surface area contributed by atoms with Gasteiger partial charge < -0.3 is 21.4 Å². The maximum absolute atomic E-state index is 13.0. The second-order valence-corrected chi connectivity index (χ2v) is 6.99. The molecule has 0 saturated heterocycles. The molecule has 1 atom stereocenters. The van der Waals surface area contributed by atoms with Gasteiger partial charge in [0.1, 0.15) is 17.4 Å². The van der Waals surface area contributed by atoms with Crippen LogP contribution in [-0.4, -0.2) is 41.3 Å². The first kappa shape index (κ1) is 24.9. The van der Waals surface area contributed by atoms with Crippen molar-refractivity contribution in [2.24, 2.45) is 0 Å². The molecule has 0 fully saturated rings. The SMILES string of the molecule is CCC(CC)(NC(C)=O)C(=O)N[C@@H](CCC(=O)C=N)C(=O)NCc1ccc(F)cc1. The molecule has 0 aliphatic carbocycles. The van der Waals surface area contributed by atoms with Crippen LogP contribution in [0.1, 0.15) is 52.0 Å². The number of carbonyl (C=O) groups is 4. The number of amides is 3. The van der Waals surface area contributed by atoms with E-state index in [0.717, 1.165) is 0 Å². The summed E-state index contributed by atoms with van der Waals surface area (Å²) in [6.07, 6.45) is 1.20. The van der Waals surface area contributed by atoms with Crippen LogP contribution in [0.3, 0.4) is 0 Å². The fourth-order valence-electron chi connectivity index (χ4n) is 2.98. The Morgan fingerprint density at radius 3 is 2.23 bits per heavy atom. The van der Waals surface area contributed by atoms with E-state index in [2.05, 4.69) is 16.0 Å². The smallest absolute Gasteiger partial charge is 0.246 e. The highest BCUT2D eigenvalue weighted by Crippen LogP contribution is 2.16.